The maximum atomic E-state index is 9.67. The third-order valence-corrected chi connectivity index (χ3v) is 9.95. The smallest absolute Gasteiger partial charge is 0.188 e. The second kappa shape index (κ2) is 9.45. The molecule has 1 aliphatic carbocycles. The van der Waals surface area contributed by atoms with Crippen LogP contribution in [0.1, 0.15) is 36.1 Å². The molecule has 5 heteroatoms. The Kier molecular flexibility index (Phi) is 5.38. The van der Waals surface area contributed by atoms with E-state index >= 15 is 0 Å². The van der Waals surface area contributed by atoms with Crippen LogP contribution in [0.5, 0.6) is 0 Å². The van der Waals surface area contributed by atoms with Crippen LogP contribution in [0.15, 0.2) is 115 Å². The molecule has 0 N–H and O–H groups in total. The summed E-state index contributed by atoms with van der Waals surface area (Å²) >= 11 is 0. The molecule has 2 heterocycles. The van der Waals surface area contributed by atoms with Crippen LogP contribution in [0.3, 0.4) is 0 Å². The van der Waals surface area contributed by atoms with Crippen LogP contribution in [0.2, 0.25) is 0 Å². The van der Waals surface area contributed by atoms with E-state index in [9.17, 15) is 10.5 Å². The van der Waals surface area contributed by atoms with E-state index in [-0.39, 0.29) is 5.41 Å². The van der Waals surface area contributed by atoms with Gasteiger partial charge in [-0.2, -0.15) is 10.5 Å². The lowest BCUT2D eigenvalue weighted by molar-refractivity contribution is 0.661. The van der Waals surface area contributed by atoms with Gasteiger partial charge in [-0.1, -0.05) is 62.4 Å². The number of aromatic nitrogens is 2. The molecular formula is C42H25N5. The van der Waals surface area contributed by atoms with Crippen LogP contribution in [-0.2, 0) is 5.41 Å². The summed E-state index contributed by atoms with van der Waals surface area (Å²) in [5.74, 6) is 0. The average Bonchev–Trinajstić information content (AvgIpc) is 3.70. The van der Waals surface area contributed by atoms with E-state index in [1.54, 1.807) is 0 Å². The van der Waals surface area contributed by atoms with E-state index in [1.165, 1.54) is 22.3 Å². The van der Waals surface area contributed by atoms with Crippen LogP contribution in [0, 0.1) is 29.2 Å². The molecule has 1 aliphatic rings. The third kappa shape index (κ3) is 3.56. The second-order valence-electron chi connectivity index (χ2n) is 12.7. The summed E-state index contributed by atoms with van der Waals surface area (Å²) in [7, 11) is 0. The fourth-order valence-electron chi connectivity index (χ4n) is 7.83. The lowest BCUT2D eigenvalue weighted by atomic mass is 9.82. The van der Waals surface area contributed by atoms with Crippen molar-refractivity contribution in [3.63, 3.8) is 0 Å². The fraction of sp³-hybridized carbons (Fsp3) is 0.0714. The minimum Gasteiger partial charge on any atom is -0.309 e. The lowest BCUT2D eigenvalue weighted by Gasteiger charge is -2.21. The number of rotatable bonds is 2. The summed E-state index contributed by atoms with van der Waals surface area (Å²) in [5, 5.41) is 23.4. The van der Waals surface area contributed by atoms with Gasteiger partial charge in [0.2, 0.25) is 0 Å². The fourth-order valence-corrected chi connectivity index (χ4v) is 7.83. The SMILES string of the molecule is [C-]#[N+]c1ccc2c(c1)c1ccc3c(c1n2-c1cccc(-n2c4ccc(C#N)cc4c4cc(C#N)ccc42)c1)-c1ccccc1C3(C)C. The number of fused-ring (bicyclic) bond motifs is 10. The standard InChI is InChI=1S/C42H25N5/c1-42(2)35-10-5-4-9-31(35)40-36(42)15-14-30-34-21-27(45-3)13-18-39(34)47(41(30)40)29-8-6-7-28(22-29)46-37-16-11-25(23-43)19-32(37)33-20-26(24-44)12-17-38(33)46/h4-22H,1-2H3. The van der Waals surface area contributed by atoms with Gasteiger partial charge in [0, 0.05) is 38.5 Å². The van der Waals surface area contributed by atoms with Gasteiger partial charge in [-0.25, -0.2) is 4.85 Å². The first-order valence-corrected chi connectivity index (χ1v) is 15.5. The zero-order valence-electron chi connectivity index (χ0n) is 25.7. The molecule has 0 radical (unpaired) electrons. The van der Waals surface area contributed by atoms with Crippen molar-refractivity contribution in [2.75, 3.05) is 0 Å². The first kappa shape index (κ1) is 26.8. The summed E-state index contributed by atoms with van der Waals surface area (Å²) in [4.78, 5) is 3.77. The molecule has 5 nitrogen and oxygen atoms in total. The topological polar surface area (TPSA) is 61.8 Å². The quantitative estimate of drug-likeness (QED) is 0.186. The molecule has 0 saturated heterocycles. The van der Waals surface area contributed by atoms with Crippen molar-refractivity contribution in [3.05, 3.63) is 149 Å². The molecule has 0 amide bonds. The van der Waals surface area contributed by atoms with Crippen molar-refractivity contribution >= 4 is 49.3 Å². The Morgan fingerprint density at radius 2 is 1.21 bits per heavy atom. The van der Waals surface area contributed by atoms with E-state index in [4.69, 9.17) is 6.57 Å². The minimum absolute atomic E-state index is 0.154. The van der Waals surface area contributed by atoms with E-state index in [0.717, 1.165) is 55.0 Å². The molecule has 2 aromatic heterocycles. The molecule has 47 heavy (non-hydrogen) atoms. The predicted molar refractivity (Wildman–Crippen MR) is 188 cm³/mol. The molecule has 0 unspecified atom stereocenters. The van der Waals surface area contributed by atoms with Crippen molar-refractivity contribution < 1.29 is 0 Å². The summed E-state index contributed by atoms with van der Waals surface area (Å²) in [6.07, 6.45) is 0. The van der Waals surface area contributed by atoms with Crippen molar-refractivity contribution in [1.29, 1.82) is 10.5 Å². The molecule has 0 atom stereocenters. The molecule has 0 spiro atoms. The normalized spacial score (nSPS) is 13.0. The molecule has 6 aromatic carbocycles. The van der Waals surface area contributed by atoms with Gasteiger partial charge >= 0.3 is 0 Å². The van der Waals surface area contributed by atoms with Crippen LogP contribution >= 0.6 is 0 Å². The van der Waals surface area contributed by atoms with Crippen LogP contribution < -0.4 is 0 Å². The van der Waals surface area contributed by atoms with Crippen molar-refractivity contribution in [2.24, 2.45) is 0 Å². The zero-order valence-corrected chi connectivity index (χ0v) is 25.7. The van der Waals surface area contributed by atoms with Gasteiger partial charge in [-0.3, -0.25) is 0 Å². The monoisotopic (exact) mass is 599 g/mol. The van der Waals surface area contributed by atoms with Gasteiger partial charge in [-0.15, -0.1) is 0 Å². The first-order chi connectivity index (χ1) is 22.9. The van der Waals surface area contributed by atoms with Crippen molar-refractivity contribution in [3.8, 4) is 34.6 Å². The Labute approximate surface area is 271 Å². The number of hydrogen-bond donors (Lipinski definition) is 0. The maximum Gasteiger partial charge on any atom is 0.188 e. The largest absolute Gasteiger partial charge is 0.309 e. The van der Waals surface area contributed by atoms with E-state index in [2.05, 4.69) is 107 Å². The van der Waals surface area contributed by atoms with Gasteiger partial charge < -0.3 is 9.13 Å². The first-order valence-electron chi connectivity index (χ1n) is 15.5. The maximum absolute atomic E-state index is 9.67. The van der Waals surface area contributed by atoms with Crippen LogP contribution in [0.25, 0.3) is 71.0 Å². The molecule has 0 saturated carbocycles. The Bertz CT molecular complexity index is 2730. The van der Waals surface area contributed by atoms with Gasteiger partial charge in [0.1, 0.15) is 0 Å². The van der Waals surface area contributed by atoms with E-state index in [1.807, 2.05) is 48.5 Å². The van der Waals surface area contributed by atoms with E-state index < -0.39 is 0 Å². The molecule has 0 fully saturated rings. The van der Waals surface area contributed by atoms with Gasteiger partial charge in [0.25, 0.3) is 0 Å². The lowest BCUT2D eigenvalue weighted by Crippen LogP contribution is -2.14. The highest BCUT2D eigenvalue weighted by atomic mass is 15.0. The zero-order chi connectivity index (χ0) is 32.0. The van der Waals surface area contributed by atoms with Crippen LogP contribution in [-0.4, -0.2) is 9.13 Å². The molecule has 0 aliphatic heterocycles. The van der Waals surface area contributed by atoms with E-state index in [0.29, 0.717) is 16.8 Å². The number of benzene rings is 6. The molecule has 218 valence electrons. The highest BCUT2D eigenvalue weighted by molar-refractivity contribution is 6.16. The molecule has 0 bridgehead atoms. The van der Waals surface area contributed by atoms with Crippen molar-refractivity contribution in [1.82, 2.24) is 9.13 Å². The molecular weight excluding hydrogens is 574 g/mol. The highest BCUT2D eigenvalue weighted by Crippen LogP contribution is 2.53. The average molecular weight is 600 g/mol. The summed E-state index contributed by atoms with van der Waals surface area (Å²) in [6, 6.07) is 43.8. The second-order valence-corrected chi connectivity index (χ2v) is 12.7. The molecule has 9 rings (SSSR count). The number of hydrogen-bond acceptors (Lipinski definition) is 2. The Hall–Kier alpha value is -6.61. The Balaban J connectivity index is 1.39. The van der Waals surface area contributed by atoms with Gasteiger partial charge in [0.05, 0.1) is 51.9 Å². The Morgan fingerprint density at radius 3 is 1.89 bits per heavy atom. The number of nitriles is 2. The van der Waals surface area contributed by atoms with Gasteiger partial charge in [0.15, 0.2) is 5.69 Å². The molecule has 8 aromatic rings. The summed E-state index contributed by atoms with van der Waals surface area (Å²) in [6.45, 7) is 12.3. The van der Waals surface area contributed by atoms with Crippen LogP contribution in [0.4, 0.5) is 5.69 Å². The third-order valence-electron chi connectivity index (χ3n) is 9.95. The minimum atomic E-state index is -0.154. The summed E-state index contributed by atoms with van der Waals surface area (Å²) < 4.78 is 4.57. The summed E-state index contributed by atoms with van der Waals surface area (Å²) in [5.41, 5.74) is 12.8. The number of nitrogens with zero attached hydrogens (tertiary/aromatic N) is 5. The Morgan fingerprint density at radius 1 is 0.596 bits per heavy atom. The predicted octanol–water partition coefficient (Wildman–Crippen LogP) is 10.5. The van der Waals surface area contributed by atoms with Crippen molar-refractivity contribution in [2.45, 2.75) is 19.3 Å². The van der Waals surface area contributed by atoms with Gasteiger partial charge in [-0.05, 0) is 88.8 Å². The highest BCUT2D eigenvalue weighted by Gasteiger charge is 2.37.